The van der Waals surface area contributed by atoms with Crippen molar-refractivity contribution < 1.29 is 9.53 Å². The van der Waals surface area contributed by atoms with Gasteiger partial charge >= 0.3 is 6.09 Å². The molecule has 2 aromatic carbocycles. The van der Waals surface area contributed by atoms with Crippen molar-refractivity contribution in [3.05, 3.63) is 54.6 Å². The van der Waals surface area contributed by atoms with Crippen molar-refractivity contribution in [2.45, 2.75) is 32.7 Å². The number of amides is 1. The van der Waals surface area contributed by atoms with Crippen LogP contribution in [0.1, 0.15) is 26.7 Å². The van der Waals surface area contributed by atoms with Gasteiger partial charge in [-0.15, -0.1) is 0 Å². The molecule has 4 nitrogen and oxygen atoms in total. The first-order valence-electron chi connectivity index (χ1n) is 8.85. The smallest absolute Gasteiger partial charge is 0.411 e. The Bertz CT molecular complexity index is 650. The van der Waals surface area contributed by atoms with Gasteiger partial charge in [0.1, 0.15) is 0 Å². The van der Waals surface area contributed by atoms with Crippen LogP contribution in [0.3, 0.4) is 0 Å². The number of para-hydroxylation sites is 1. The van der Waals surface area contributed by atoms with E-state index in [0.29, 0.717) is 0 Å². The van der Waals surface area contributed by atoms with E-state index in [2.05, 4.69) is 28.8 Å². The molecule has 1 aliphatic rings. The molecule has 1 heterocycles. The molecule has 0 bridgehead atoms. The van der Waals surface area contributed by atoms with Crippen LogP contribution < -0.4 is 5.32 Å². The Morgan fingerprint density at radius 2 is 1.60 bits per heavy atom. The molecule has 0 saturated carbocycles. The van der Waals surface area contributed by atoms with Crippen LogP contribution in [0.5, 0.6) is 0 Å². The van der Waals surface area contributed by atoms with Gasteiger partial charge in [-0.1, -0.05) is 48.5 Å². The number of hydrogen-bond acceptors (Lipinski definition) is 3. The Morgan fingerprint density at radius 3 is 2.16 bits per heavy atom. The van der Waals surface area contributed by atoms with E-state index in [-0.39, 0.29) is 0 Å². The molecule has 0 atom stereocenters. The summed E-state index contributed by atoms with van der Waals surface area (Å²) in [6.45, 7) is 7.20. The average molecular weight is 340 g/mol. The minimum atomic E-state index is -0.464. The van der Waals surface area contributed by atoms with E-state index in [1.807, 2.05) is 54.6 Å². The van der Waals surface area contributed by atoms with E-state index < -0.39 is 6.09 Å². The number of benzene rings is 2. The number of methoxy groups -OCH3 is 1. The molecule has 4 heteroatoms. The zero-order valence-corrected chi connectivity index (χ0v) is 15.4. The number of nitrogens with zero attached hydrogens (tertiary/aromatic N) is 1. The van der Waals surface area contributed by atoms with Gasteiger partial charge in [0.05, 0.1) is 12.8 Å². The predicted molar refractivity (Wildman–Crippen MR) is 104 cm³/mol. The molecule has 1 fully saturated rings. The average Bonchev–Trinajstić information content (AvgIpc) is 3.18. The summed E-state index contributed by atoms with van der Waals surface area (Å²) in [7, 11) is 1.35. The molecular formula is C21H28N2O2. The van der Waals surface area contributed by atoms with Gasteiger partial charge in [0.2, 0.25) is 0 Å². The summed E-state index contributed by atoms with van der Waals surface area (Å²) in [5, 5.41) is 2.70. The monoisotopic (exact) mass is 340 g/mol. The highest BCUT2D eigenvalue weighted by molar-refractivity contribution is 5.91. The van der Waals surface area contributed by atoms with Crippen molar-refractivity contribution in [2.24, 2.45) is 0 Å². The molecule has 3 rings (SSSR count). The Balaban J connectivity index is 0.000000236. The fourth-order valence-corrected chi connectivity index (χ4v) is 2.88. The summed E-state index contributed by atoms with van der Waals surface area (Å²) >= 11 is 0. The number of likely N-dealkylation sites (tertiary alicyclic amines) is 1. The van der Waals surface area contributed by atoms with Crippen LogP contribution in [0.15, 0.2) is 54.6 Å². The molecule has 1 saturated heterocycles. The van der Waals surface area contributed by atoms with Crippen molar-refractivity contribution in [3.63, 3.8) is 0 Å². The van der Waals surface area contributed by atoms with Gasteiger partial charge in [-0.05, 0) is 51.4 Å². The fourth-order valence-electron chi connectivity index (χ4n) is 2.88. The summed E-state index contributed by atoms with van der Waals surface area (Å²) in [5.41, 5.74) is 2.77. The van der Waals surface area contributed by atoms with Gasteiger partial charge in [-0.3, -0.25) is 5.32 Å². The lowest BCUT2D eigenvalue weighted by atomic mass is 10.0. The normalized spacial score (nSPS) is 13.9. The van der Waals surface area contributed by atoms with Crippen LogP contribution >= 0.6 is 0 Å². The third kappa shape index (κ3) is 5.91. The Kier molecular flexibility index (Phi) is 7.48. The second-order valence-electron chi connectivity index (χ2n) is 6.37. The van der Waals surface area contributed by atoms with E-state index in [1.165, 1.54) is 33.0 Å². The highest BCUT2D eigenvalue weighted by Crippen LogP contribution is 2.27. The van der Waals surface area contributed by atoms with E-state index >= 15 is 0 Å². The maximum Gasteiger partial charge on any atom is 0.411 e. The van der Waals surface area contributed by atoms with Crippen molar-refractivity contribution in [3.8, 4) is 11.1 Å². The van der Waals surface area contributed by atoms with Crippen LogP contribution in [-0.2, 0) is 4.74 Å². The topological polar surface area (TPSA) is 41.6 Å². The van der Waals surface area contributed by atoms with Crippen LogP contribution in [-0.4, -0.2) is 37.2 Å². The van der Waals surface area contributed by atoms with Gasteiger partial charge in [0, 0.05) is 11.6 Å². The lowest BCUT2D eigenvalue weighted by Gasteiger charge is -2.18. The van der Waals surface area contributed by atoms with Gasteiger partial charge < -0.3 is 9.64 Å². The fraction of sp³-hybridized carbons (Fsp3) is 0.381. The third-order valence-electron chi connectivity index (χ3n) is 4.30. The second-order valence-corrected chi connectivity index (χ2v) is 6.37. The maximum atomic E-state index is 11.2. The summed E-state index contributed by atoms with van der Waals surface area (Å²) in [4.78, 5) is 13.8. The van der Waals surface area contributed by atoms with Gasteiger partial charge in [0.25, 0.3) is 0 Å². The third-order valence-corrected chi connectivity index (χ3v) is 4.30. The molecular weight excluding hydrogens is 312 g/mol. The number of carbonyl (C=O) groups excluding carboxylic acids is 1. The molecule has 1 aliphatic heterocycles. The Hall–Kier alpha value is -2.33. The van der Waals surface area contributed by atoms with Crippen molar-refractivity contribution in [2.75, 3.05) is 25.5 Å². The quantitative estimate of drug-likeness (QED) is 0.853. The number of carbonyl (C=O) groups is 1. The van der Waals surface area contributed by atoms with Crippen LogP contribution in [0.25, 0.3) is 11.1 Å². The van der Waals surface area contributed by atoms with Gasteiger partial charge in [0.15, 0.2) is 0 Å². The summed E-state index contributed by atoms with van der Waals surface area (Å²) < 4.78 is 4.59. The number of hydrogen-bond donors (Lipinski definition) is 1. The van der Waals surface area contributed by atoms with E-state index in [4.69, 9.17) is 0 Å². The van der Waals surface area contributed by atoms with Crippen LogP contribution in [0, 0.1) is 0 Å². The minimum absolute atomic E-state index is 0.464. The van der Waals surface area contributed by atoms with E-state index in [1.54, 1.807) is 0 Å². The molecule has 25 heavy (non-hydrogen) atoms. The van der Waals surface area contributed by atoms with Crippen molar-refractivity contribution in [1.29, 1.82) is 0 Å². The maximum absolute atomic E-state index is 11.2. The van der Waals surface area contributed by atoms with Gasteiger partial charge in [-0.2, -0.15) is 0 Å². The standard InChI is InChI=1S/C14H13NO2.C7H15N/c1-17-14(16)15-13-10-6-5-9-12(13)11-7-3-2-4-8-11;1-7(2)8-5-3-4-6-8/h2-10H,1H3,(H,15,16);7H,3-6H2,1-2H3. The summed E-state index contributed by atoms with van der Waals surface area (Å²) in [6.07, 6.45) is 2.37. The second kappa shape index (κ2) is 9.84. The lowest BCUT2D eigenvalue weighted by Crippen LogP contribution is -2.26. The molecule has 134 valence electrons. The molecule has 1 amide bonds. The number of rotatable bonds is 3. The molecule has 0 unspecified atom stereocenters. The van der Waals surface area contributed by atoms with Crippen LogP contribution in [0.2, 0.25) is 0 Å². The largest absolute Gasteiger partial charge is 0.453 e. The minimum Gasteiger partial charge on any atom is -0.453 e. The first-order valence-corrected chi connectivity index (χ1v) is 8.85. The van der Waals surface area contributed by atoms with Crippen LogP contribution in [0.4, 0.5) is 10.5 Å². The van der Waals surface area contributed by atoms with Gasteiger partial charge in [-0.25, -0.2) is 4.79 Å². The number of ether oxygens (including phenoxy) is 1. The predicted octanol–water partition coefficient (Wildman–Crippen LogP) is 5.02. The molecule has 0 aliphatic carbocycles. The molecule has 2 aromatic rings. The Labute approximate surface area is 150 Å². The molecule has 0 aromatic heterocycles. The zero-order chi connectivity index (χ0) is 18.1. The molecule has 0 radical (unpaired) electrons. The lowest BCUT2D eigenvalue weighted by molar-refractivity contribution is 0.187. The number of anilines is 1. The summed E-state index contributed by atoms with van der Waals surface area (Å²) in [5.74, 6) is 0. The van der Waals surface area contributed by atoms with Crippen molar-refractivity contribution >= 4 is 11.8 Å². The molecule has 1 N–H and O–H groups in total. The van der Waals surface area contributed by atoms with E-state index in [9.17, 15) is 4.79 Å². The number of nitrogens with one attached hydrogen (secondary N) is 1. The first kappa shape index (κ1) is 19.0. The SMILES string of the molecule is CC(C)N1CCCC1.COC(=O)Nc1ccccc1-c1ccccc1. The summed E-state index contributed by atoms with van der Waals surface area (Å²) in [6, 6.07) is 18.3. The first-order chi connectivity index (χ1) is 12.1. The highest BCUT2D eigenvalue weighted by atomic mass is 16.5. The Morgan fingerprint density at radius 1 is 1.00 bits per heavy atom. The van der Waals surface area contributed by atoms with Crippen molar-refractivity contribution in [1.82, 2.24) is 4.90 Å². The highest BCUT2D eigenvalue weighted by Gasteiger charge is 2.13. The molecule has 0 spiro atoms. The van der Waals surface area contributed by atoms with E-state index in [0.717, 1.165) is 22.9 Å². The zero-order valence-electron chi connectivity index (χ0n) is 15.4.